The fourth-order valence-corrected chi connectivity index (χ4v) is 2.40. The van der Waals surface area contributed by atoms with Crippen LogP contribution in [0.1, 0.15) is 70.6 Å². The maximum absolute atomic E-state index is 2.43. The van der Waals surface area contributed by atoms with Crippen LogP contribution >= 0.6 is 0 Å². The predicted octanol–water partition coefficient (Wildman–Crippen LogP) is 5.66. The maximum atomic E-state index is 2.43. The van der Waals surface area contributed by atoms with E-state index in [1.807, 2.05) is 0 Å². The standard InChI is InChI=1S/C17H26.CH4/c1-13-8-11-16(17(2,3)4)12-15(13)7-5-6-14-9-10-14;/h8,11-12,14H,5-7,9-10H2,1-4H3;1H4. The average Bonchev–Trinajstić information content (AvgIpc) is 3.03. The molecule has 0 aliphatic heterocycles. The zero-order chi connectivity index (χ0) is 12.5. The van der Waals surface area contributed by atoms with E-state index in [-0.39, 0.29) is 12.8 Å². The van der Waals surface area contributed by atoms with Gasteiger partial charge in [0.1, 0.15) is 0 Å². The van der Waals surface area contributed by atoms with Crippen molar-refractivity contribution in [2.24, 2.45) is 5.92 Å². The highest BCUT2D eigenvalue weighted by Gasteiger charge is 2.20. The summed E-state index contributed by atoms with van der Waals surface area (Å²) in [4.78, 5) is 0. The minimum atomic E-state index is 0. The molecule has 0 aromatic heterocycles. The van der Waals surface area contributed by atoms with Gasteiger partial charge in [-0.15, -0.1) is 0 Å². The van der Waals surface area contributed by atoms with Crippen LogP contribution in [0, 0.1) is 12.8 Å². The number of hydrogen-bond acceptors (Lipinski definition) is 0. The van der Waals surface area contributed by atoms with Gasteiger partial charge in [0, 0.05) is 0 Å². The van der Waals surface area contributed by atoms with E-state index in [1.54, 1.807) is 5.56 Å². The van der Waals surface area contributed by atoms with Crippen molar-refractivity contribution >= 4 is 0 Å². The van der Waals surface area contributed by atoms with Crippen LogP contribution in [0.3, 0.4) is 0 Å². The van der Waals surface area contributed by atoms with Gasteiger partial charge >= 0.3 is 0 Å². The lowest BCUT2D eigenvalue weighted by atomic mass is 9.84. The van der Waals surface area contributed by atoms with Gasteiger partial charge in [0.15, 0.2) is 0 Å². The van der Waals surface area contributed by atoms with Crippen LogP contribution in [0.2, 0.25) is 0 Å². The van der Waals surface area contributed by atoms with E-state index < -0.39 is 0 Å². The van der Waals surface area contributed by atoms with Crippen molar-refractivity contribution in [2.45, 2.75) is 72.6 Å². The SMILES string of the molecule is C.Cc1ccc(C(C)(C)C)cc1CCCC1CC1. The maximum Gasteiger partial charge on any atom is -0.0132 e. The number of benzene rings is 1. The van der Waals surface area contributed by atoms with Gasteiger partial charge in [-0.2, -0.15) is 0 Å². The fraction of sp³-hybridized carbons (Fsp3) is 0.667. The average molecular weight is 246 g/mol. The van der Waals surface area contributed by atoms with Crippen molar-refractivity contribution < 1.29 is 0 Å². The highest BCUT2D eigenvalue weighted by Crippen LogP contribution is 2.34. The monoisotopic (exact) mass is 246 g/mol. The molecule has 0 amide bonds. The molecule has 1 fully saturated rings. The molecule has 0 nitrogen and oxygen atoms in total. The molecule has 0 heteroatoms. The van der Waals surface area contributed by atoms with Crippen LogP contribution in [0.15, 0.2) is 18.2 Å². The van der Waals surface area contributed by atoms with Gasteiger partial charge in [-0.3, -0.25) is 0 Å². The van der Waals surface area contributed by atoms with Crippen LogP contribution in [0.5, 0.6) is 0 Å². The van der Waals surface area contributed by atoms with E-state index in [1.165, 1.54) is 43.2 Å². The smallest absolute Gasteiger partial charge is 0.0132 e. The Kier molecular flexibility index (Phi) is 5.01. The van der Waals surface area contributed by atoms with Crippen molar-refractivity contribution in [3.05, 3.63) is 34.9 Å². The molecule has 0 radical (unpaired) electrons. The lowest BCUT2D eigenvalue weighted by molar-refractivity contribution is 0.588. The second kappa shape index (κ2) is 5.91. The number of rotatable bonds is 4. The lowest BCUT2D eigenvalue weighted by Crippen LogP contribution is -2.11. The van der Waals surface area contributed by atoms with Gasteiger partial charge in [0.25, 0.3) is 0 Å². The second-order valence-corrected chi connectivity index (χ2v) is 6.73. The van der Waals surface area contributed by atoms with Gasteiger partial charge in [0.2, 0.25) is 0 Å². The Hall–Kier alpha value is -0.780. The van der Waals surface area contributed by atoms with Gasteiger partial charge in [-0.05, 0) is 47.8 Å². The summed E-state index contributed by atoms with van der Waals surface area (Å²) in [5.41, 5.74) is 4.79. The Bertz CT molecular complexity index is 378. The molecule has 1 aliphatic rings. The molecule has 2 rings (SSSR count). The minimum absolute atomic E-state index is 0. The van der Waals surface area contributed by atoms with Crippen LogP contribution in [-0.2, 0) is 11.8 Å². The molecule has 1 aliphatic carbocycles. The third-order valence-electron chi connectivity index (χ3n) is 3.97. The fourth-order valence-electron chi connectivity index (χ4n) is 2.40. The molecule has 102 valence electrons. The predicted molar refractivity (Wildman–Crippen MR) is 82.3 cm³/mol. The molecular weight excluding hydrogens is 216 g/mol. The van der Waals surface area contributed by atoms with Crippen molar-refractivity contribution in [3.63, 3.8) is 0 Å². The van der Waals surface area contributed by atoms with Crippen LogP contribution in [0.25, 0.3) is 0 Å². The van der Waals surface area contributed by atoms with Gasteiger partial charge in [-0.25, -0.2) is 0 Å². The van der Waals surface area contributed by atoms with Crippen molar-refractivity contribution in [1.82, 2.24) is 0 Å². The third-order valence-corrected chi connectivity index (χ3v) is 3.97. The van der Waals surface area contributed by atoms with Gasteiger partial charge in [0.05, 0.1) is 0 Å². The molecule has 0 unspecified atom stereocenters. The summed E-state index contributed by atoms with van der Waals surface area (Å²) in [5.74, 6) is 1.07. The second-order valence-electron chi connectivity index (χ2n) is 6.73. The molecule has 0 spiro atoms. The summed E-state index contributed by atoms with van der Waals surface area (Å²) >= 11 is 0. The largest absolute Gasteiger partial charge is 0.0776 e. The van der Waals surface area contributed by atoms with E-state index in [4.69, 9.17) is 0 Å². The van der Waals surface area contributed by atoms with Gasteiger partial charge in [-0.1, -0.05) is 65.7 Å². The molecule has 18 heavy (non-hydrogen) atoms. The van der Waals surface area contributed by atoms with E-state index in [2.05, 4.69) is 45.9 Å². The summed E-state index contributed by atoms with van der Waals surface area (Å²) in [6.45, 7) is 9.14. The Balaban J connectivity index is 0.00000162. The molecular formula is C18H30. The van der Waals surface area contributed by atoms with Crippen LogP contribution in [-0.4, -0.2) is 0 Å². The van der Waals surface area contributed by atoms with Crippen LogP contribution in [0.4, 0.5) is 0 Å². The van der Waals surface area contributed by atoms with Crippen LogP contribution < -0.4 is 0 Å². The molecule has 0 bridgehead atoms. The summed E-state index contributed by atoms with van der Waals surface area (Å²) < 4.78 is 0. The number of aryl methyl sites for hydroxylation is 2. The van der Waals surface area contributed by atoms with Crippen molar-refractivity contribution in [3.8, 4) is 0 Å². The van der Waals surface area contributed by atoms with E-state index >= 15 is 0 Å². The Labute approximate surface area is 114 Å². The molecule has 1 saturated carbocycles. The molecule has 0 atom stereocenters. The summed E-state index contributed by atoms with van der Waals surface area (Å²) in [5, 5.41) is 0. The zero-order valence-electron chi connectivity index (χ0n) is 11.8. The normalized spacial score (nSPS) is 15.3. The summed E-state index contributed by atoms with van der Waals surface area (Å²) in [6.07, 6.45) is 7.06. The first kappa shape index (κ1) is 15.3. The van der Waals surface area contributed by atoms with E-state index in [0.29, 0.717) is 0 Å². The zero-order valence-corrected chi connectivity index (χ0v) is 11.8. The molecule has 0 saturated heterocycles. The van der Waals surface area contributed by atoms with Crippen molar-refractivity contribution in [1.29, 1.82) is 0 Å². The van der Waals surface area contributed by atoms with Gasteiger partial charge < -0.3 is 0 Å². The Morgan fingerprint density at radius 2 is 1.83 bits per heavy atom. The molecule has 1 aromatic carbocycles. The first-order chi connectivity index (χ1) is 7.97. The quantitative estimate of drug-likeness (QED) is 0.643. The molecule has 1 aromatic rings. The van der Waals surface area contributed by atoms with E-state index in [0.717, 1.165) is 5.92 Å². The highest BCUT2D eigenvalue weighted by molar-refractivity contribution is 5.34. The minimum Gasteiger partial charge on any atom is -0.0776 e. The highest BCUT2D eigenvalue weighted by atomic mass is 14.3. The first-order valence-electron chi connectivity index (χ1n) is 7.07. The lowest BCUT2D eigenvalue weighted by Gasteiger charge is -2.21. The number of hydrogen-bond donors (Lipinski definition) is 0. The first-order valence-corrected chi connectivity index (χ1v) is 7.07. The topological polar surface area (TPSA) is 0 Å². The summed E-state index contributed by atoms with van der Waals surface area (Å²) in [7, 11) is 0. The Morgan fingerprint density at radius 1 is 1.17 bits per heavy atom. The third kappa shape index (κ3) is 4.15. The molecule has 0 heterocycles. The van der Waals surface area contributed by atoms with Crippen molar-refractivity contribution in [2.75, 3.05) is 0 Å². The summed E-state index contributed by atoms with van der Waals surface area (Å²) in [6, 6.07) is 7.02. The molecule has 0 N–H and O–H groups in total. The Morgan fingerprint density at radius 3 is 2.39 bits per heavy atom. The van der Waals surface area contributed by atoms with E-state index in [9.17, 15) is 0 Å².